The Labute approximate surface area is 126 Å². The summed E-state index contributed by atoms with van der Waals surface area (Å²) in [6, 6.07) is 7.98. The maximum atomic E-state index is 5.81. The van der Waals surface area contributed by atoms with Crippen molar-refractivity contribution in [3.8, 4) is 5.88 Å². The minimum atomic E-state index is 0.456. The number of hydrogen-bond donors (Lipinski definition) is 2. The second-order valence-electron chi connectivity index (χ2n) is 4.32. The number of nitrogens with one attached hydrogen (secondary N) is 1. The topological polar surface area (TPSA) is 73.1 Å². The summed E-state index contributed by atoms with van der Waals surface area (Å²) in [5.74, 6) is 6.67. The number of hydrazine groups is 1. The minimum absolute atomic E-state index is 0.456. The van der Waals surface area contributed by atoms with Crippen LogP contribution in [-0.4, -0.2) is 9.97 Å². The number of ether oxygens (including phenoxy) is 1. The van der Waals surface area contributed by atoms with E-state index in [1.54, 1.807) is 0 Å². The Bertz CT molecular complexity index is 577. The van der Waals surface area contributed by atoms with E-state index in [1.165, 1.54) is 6.33 Å². The van der Waals surface area contributed by atoms with Gasteiger partial charge in [0.1, 0.15) is 18.8 Å². The second-order valence-corrected chi connectivity index (χ2v) is 5.23. The predicted octanol–water partition coefficient (Wildman–Crippen LogP) is 3.06. The fourth-order valence-electron chi connectivity index (χ4n) is 1.90. The lowest BCUT2D eigenvalue weighted by molar-refractivity contribution is 0.289. The molecule has 0 spiro atoms. The normalized spacial score (nSPS) is 10.3. The van der Waals surface area contributed by atoms with Crippen molar-refractivity contribution < 1.29 is 4.74 Å². The number of benzene rings is 1. The summed E-state index contributed by atoms with van der Waals surface area (Å²) in [4.78, 5) is 8.31. The quantitative estimate of drug-likeness (QED) is 0.626. The first-order valence-electron chi connectivity index (χ1n) is 6.42. The molecule has 0 saturated heterocycles. The molecule has 0 amide bonds. The fraction of sp³-hybridized carbons (Fsp3) is 0.286. The third-order valence-electron chi connectivity index (χ3n) is 2.81. The minimum Gasteiger partial charge on any atom is -0.472 e. The lowest BCUT2D eigenvalue weighted by atomic mass is 10.2. The van der Waals surface area contributed by atoms with E-state index >= 15 is 0 Å². The molecule has 0 aliphatic rings. The average molecular weight is 337 g/mol. The molecule has 1 aromatic carbocycles. The standard InChI is InChI=1S/C14H17BrN4O/c1-2-4-12-13(19-16)17-9-18-14(12)20-8-10-5-3-6-11(15)7-10/h3,5-7,9H,2,4,8,16H2,1H3,(H,17,18,19). The van der Waals surface area contributed by atoms with Crippen LogP contribution in [0.3, 0.4) is 0 Å². The van der Waals surface area contributed by atoms with Crippen molar-refractivity contribution in [1.82, 2.24) is 9.97 Å². The van der Waals surface area contributed by atoms with Gasteiger partial charge in [-0.2, -0.15) is 0 Å². The Kier molecular flexibility index (Phi) is 5.31. The highest BCUT2D eigenvalue weighted by Gasteiger charge is 2.11. The number of rotatable bonds is 6. The van der Waals surface area contributed by atoms with Gasteiger partial charge >= 0.3 is 0 Å². The molecule has 0 unspecified atom stereocenters. The SMILES string of the molecule is CCCc1c(NN)ncnc1OCc1cccc(Br)c1. The Hall–Kier alpha value is -1.66. The average Bonchev–Trinajstić information content (AvgIpc) is 2.46. The van der Waals surface area contributed by atoms with Crippen molar-refractivity contribution in [2.24, 2.45) is 5.84 Å². The summed E-state index contributed by atoms with van der Waals surface area (Å²) in [6.45, 7) is 2.54. The van der Waals surface area contributed by atoms with Crippen LogP contribution >= 0.6 is 15.9 Å². The van der Waals surface area contributed by atoms with Crippen molar-refractivity contribution in [1.29, 1.82) is 0 Å². The molecule has 5 nitrogen and oxygen atoms in total. The number of hydrogen-bond acceptors (Lipinski definition) is 5. The van der Waals surface area contributed by atoms with Gasteiger partial charge < -0.3 is 10.2 Å². The van der Waals surface area contributed by atoms with E-state index < -0.39 is 0 Å². The Morgan fingerprint density at radius 3 is 2.90 bits per heavy atom. The molecule has 2 rings (SSSR count). The van der Waals surface area contributed by atoms with Crippen LogP contribution in [0.4, 0.5) is 5.82 Å². The van der Waals surface area contributed by atoms with Crippen molar-refractivity contribution >= 4 is 21.7 Å². The number of halogens is 1. The van der Waals surface area contributed by atoms with Crippen LogP contribution < -0.4 is 16.0 Å². The van der Waals surface area contributed by atoms with Crippen LogP contribution in [-0.2, 0) is 13.0 Å². The van der Waals surface area contributed by atoms with E-state index in [0.717, 1.165) is 28.4 Å². The summed E-state index contributed by atoms with van der Waals surface area (Å²) in [5, 5.41) is 0. The van der Waals surface area contributed by atoms with Crippen molar-refractivity contribution in [3.63, 3.8) is 0 Å². The van der Waals surface area contributed by atoms with Gasteiger partial charge in [0.2, 0.25) is 5.88 Å². The second kappa shape index (κ2) is 7.21. The summed E-state index contributed by atoms with van der Waals surface area (Å²) >= 11 is 3.44. The Balaban J connectivity index is 2.16. The first kappa shape index (κ1) is 14.7. The van der Waals surface area contributed by atoms with Crippen LogP contribution in [0.1, 0.15) is 24.5 Å². The van der Waals surface area contributed by atoms with E-state index in [-0.39, 0.29) is 0 Å². The first-order valence-corrected chi connectivity index (χ1v) is 7.21. The van der Waals surface area contributed by atoms with E-state index in [1.807, 2.05) is 24.3 Å². The highest BCUT2D eigenvalue weighted by Crippen LogP contribution is 2.24. The molecule has 0 saturated carbocycles. The Morgan fingerprint density at radius 2 is 2.20 bits per heavy atom. The van der Waals surface area contributed by atoms with Crippen LogP contribution in [0, 0.1) is 0 Å². The van der Waals surface area contributed by atoms with Gasteiger partial charge in [-0.15, -0.1) is 0 Å². The molecule has 0 fully saturated rings. The number of nitrogen functional groups attached to an aromatic ring is 1. The molecule has 0 atom stereocenters. The highest BCUT2D eigenvalue weighted by molar-refractivity contribution is 9.10. The summed E-state index contributed by atoms with van der Waals surface area (Å²) < 4.78 is 6.83. The maximum Gasteiger partial charge on any atom is 0.222 e. The van der Waals surface area contributed by atoms with E-state index in [2.05, 4.69) is 38.2 Å². The number of aromatic nitrogens is 2. The molecule has 106 valence electrons. The molecule has 1 aromatic heterocycles. The smallest absolute Gasteiger partial charge is 0.222 e. The molecular formula is C14H17BrN4O. The molecule has 3 N–H and O–H groups in total. The number of nitrogens with zero attached hydrogens (tertiary/aromatic N) is 2. The lowest BCUT2D eigenvalue weighted by Gasteiger charge is -2.12. The highest BCUT2D eigenvalue weighted by atomic mass is 79.9. The molecule has 0 bridgehead atoms. The third kappa shape index (κ3) is 3.68. The van der Waals surface area contributed by atoms with Gasteiger partial charge in [-0.05, 0) is 24.1 Å². The molecular weight excluding hydrogens is 320 g/mol. The predicted molar refractivity (Wildman–Crippen MR) is 82.3 cm³/mol. The van der Waals surface area contributed by atoms with Gasteiger partial charge in [0.25, 0.3) is 0 Å². The van der Waals surface area contributed by atoms with Crippen LogP contribution in [0.25, 0.3) is 0 Å². The monoisotopic (exact) mass is 336 g/mol. The first-order chi connectivity index (χ1) is 9.74. The fourth-order valence-corrected chi connectivity index (χ4v) is 2.35. The molecule has 20 heavy (non-hydrogen) atoms. The number of anilines is 1. The molecule has 0 aliphatic carbocycles. The summed E-state index contributed by atoms with van der Waals surface area (Å²) in [6.07, 6.45) is 3.23. The zero-order valence-electron chi connectivity index (χ0n) is 11.3. The molecule has 6 heteroatoms. The maximum absolute atomic E-state index is 5.81. The van der Waals surface area contributed by atoms with Crippen LogP contribution in [0.2, 0.25) is 0 Å². The van der Waals surface area contributed by atoms with E-state index in [4.69, 9.17) is 10.6 Å². The van der Waals surface area contributed by atoms with Gasteiger partial charge in [0.15, 0.2) is 0 Å². The third-order valence-corrected chi connectivity index (χ3v) is 3.30. The lowest BCUT2D eigenvalue weighted by Crippen LogP contribution is -2.13. The van der Waals surface area contributed by atoms with Gasteiger partial charge in [0, 0.05) is 4.47 Å². The zero-order chi connectivity index (χ0) is 14.4. The largest absolute Gasteiger partial charge is 0.472 e. The van der Waals surface area contributed by atoms with Crippen molar-refractivity contribution in [2.75, 3.05) is 5.43 Å². The van der Waals surface area contributed by atoms with Gasteiger partial charge in [-0.3, -0.25) is 0 Å². The van der Waals surface area contributed by atoms with Gasteiger partial charge in [-0.25, -0.2) is 15.8 Å². The molecule has 0 aliphatic heterocycles. The Morgan fingerprint density at radius 1 is 1.35 bits per heavy atom. The van der Waals surface area contributed by atoms with Gasteiger partial charge in [0.05, 0.1) is 5.56 Å². The summed E-state index contributed by atoms with van der Waals surface area (Å²) in [5.41, 5.74) is 4.57. The molecule has 2 aromatic rings. The van der Waals surface area contributed by atoms with E-state index in [9.17, 15) is 0 Å². The van der Waals surface area contributed by atoms with Crippen LogP contribution in [0.15, 0.2) is 35.1 Å². The van der Waals surface area contributed by atoms with Gasteiger partial charge in [-0.1, -0.05) is 41.4 Å². The molecule has 1 heterocycles. The van der Waals surface area contributed by atoms with Crippen molar-refractivity contribution in [2.45, 2.75) is 26.4 Å². The summed E-state index contributed by atoms with van der Waals surface area (Å²) in [7, 11) is 0. The zero-order valence-corrected chi connectivity index (χ0v) is 12.9. The van der Waals surface area contributed by atoms with Crippen molar-refractivity contribution in [3.05, 3.63) is 46.2 Å². The molecule has 0 radical (unpaired) electrons. The van der Waals surface area contributed by atoms with E-state index in [0.29, 0.717) is 18.3 Å². The van der Waals surface area contributed by atoms with Crippen LogP contribution in [0.5, 0.6) is 5.88 Å². The number of nitrogens with two attached hydrogens (primary N) is 1.